The summed E-state index contributed by atoms with van der Waals surface area (Å²) in [5.41, 5.74) is 3.26. The van der Waals surface area contributed by atoms with Crippen LogP contribution in [0.25, 0.3) is 0 Å². The topological polar surface area (TPSA) is 35.6 Å². The highest BCUT2D eigenvalue weighted by molar-refractivity contribution is 7.99. The maximum Gasteiger partial charge on any atom is 0.238 e. The third-order valence-corrected chi connectivity index (χ3v) is 6.98. The Bertz CT molecular complexity index is 840. The van der Waals surface area contributed by atoms with Gasteiger partial charge in [0.25, 0.3) is 0 Å². The molecule has 4 rings (SSSR count). The van der Waals surface area contributed by atoms with E-state index >= 15 is 0 Å². The third kappa shape index (κ3) is 5.54. The van der Waals surface area contributed by atoms with Gasteiger partial charge in [-0.05, 0) is 48.7 Å². The molecule has 1 unspecified atom stereocenters. The molecule has 0 radical (unpaired) electrons. The van der Waals surface area contributed by atoms with E-state index in [1.54, 1.807) is 0 Å². The fourth-order valence-corrected chi connectivity index (χ4v) is 5.50. The van der Waals surface area contributed by atoms with Crippen molar-refractivity contribution < 1.29 is 4.79 Å². The summed E-state index contributed by atoms with van der Waals surface area (Å²) in [6, 6.07) is 16.5. The SMILES string of the molecule is O=C(CN1CCCC1c1ccccc1Cl)Nc1cccc(CN2CCSCC2)c1. The summed E-state index contributed by atoms with van der Waals surface area (Å²) in [6.07, 6.45) is 2.13. The van der Waals surface area contributed by atoms with Crippen LogP contribution in [-0.4, -0.2) is 53.4 Å². The summed E-state index contributed by atoms with van der Waals surface area (Å²) >= 11 is 8.42. The summed E-state index contributed by atoms with van der Waals surface area (Å²) in [4.78, 5) is 17.5. The first kappa shape index (κ1) is 20.7. The zero-order valence-corrected chi connectivity index (χ0v) is 18.2. The third-order valence-electron chi connectivity index (χ3n) is 5.70. The fraction of sp³-hybridized carbons (Fsp3) is 0.435. The lowest BCUT2D eigenvalue weighted by atomic mass is 10.0. The van der Waals surface area contributed by atoms with Crippen LogP contribution >= 0.6 is 23.4 Å². The monoisotopic (exact) mass is 429 g/mol. The maximum absolute atomic E-state index is 12.7. The number of halogens is 1. The molecule has 4 nitrogen and oxygen atoms in total. The molecule has 2 aromatic rings. The smallest absolute Gasteiger partial charge is 0.238 e. The van der Waals surface area contributed by atoms with Crippen molar-refractivity contribution in [1.29, 1.82) is 0 Å². The van der Waals surface area contributed by atoms with Crippen LogP contribution in [0.3, 0.4) is 0 Å². The van der Waals surface area contributed by atoms with Crippen LogP contribution in [0.4, 0.5) is 5.69 Å². The van der Waals surface area contributed by atoms with Gasteiger partial charge in [0, 0.05) is 47.9 Å². The molecule has 0 saturated carbocycles. The molecule has 2 heterocycles. The van der Waals surface area contributed by atoms with Gasteiger partial charge in [0.1, 0.15) is 0 Å². The number of rotatable bonds is 6. The van der Waals surface area contributed by atoms with Gasteiger partial charge in [-0.1, -0.05) is 41.9 Å². The van der Waals surface area contributed by atoms with Crippen molar-refractivity contribution in [3.63, 3.8) is 0 Å². The number of hydrogen-bond donors (Lipinski definition) is 1. The molecule has 2 aromatic carbocycles. The summed E-state index contributed by atoms with van der Waals surface area (Å²) in [5.74, 6) is 2.45. The van der Waals surface area contributed by atoms with Crippen molar-refractivity contribution in [2.75, 3.05) is 43.0 Å². The number of carbonyl (C=O) groups excluding carboxylic acids is 1. The van der Waals surface area contributed by atoms with E-state index in [4.69, 9.17) is 11.6 Å². The molecule has 1 atom stereocenters. The standard InChI is InChI=1S/C23H28ClN3OS/c24-21-8-2-1-7-20(21)22-9-4-10-27(22)17-23(28)25-19-6-3-5-18(15-19)16-26-11-13-29-14-12-26/h1-3,5-8,15,22H,4,9-14,16-17H2,(H,25,28). The molecule has 0 spiro atoms. The molecule has 0 aromatic heterocycles. The van der Waals surface area contributed by atoms with Crippen LogP contribution in [0.2, 0.25) is 5.02 Å². The Balaban J connectivity index is 1.35. The number of hydrogen-bond acceptors (Lipinski definition) is 4. The first-order chi connectivity index (χ1) is 14.2. The molecule has 0 bridgehead atoms. The lowest BCUT2D eigenvalue weighted by molar-refractivity contribution is -0.117. The minimum Gasteiger partial charge on any atom is -0.325 e. The van der Waals surface area contributed by atoms with E-state index in [1.807, 2.05) is 42.1 Å². The number of likely N-dealkylation sites (tertiary alicyclic amines) is 1. The van der Waals surface area contributed by atoms with E-state index in [9.17, 15) is 4.79 Å². The molecular weight excluding hydrogens is 402 g/mol. The van der Waals surface area contributed by atoms with Crippen LogP contribution in [0, 0.1) is 0 Å². The average Bonchev–Trinajstić information content (AvgIpc) is 3.17. The summed E-state index contributed by atoms with van der Waals surface area (Å²) in [6.45, 7) is 4.55. The minimum absolute atomic E-state index is 0.0375. The molecule has 0 aliphatic carbocycles. The highest BCUT2D eigenvalue weighted by atomic mass is 35.5. The fourth-order valence-electron chi connectivity index (χ4n) is 4.26. The van der Waals surface area contributed by atoms with Crippen molar-refractivity contribution >= 4 is 35.0 Å². The molecule has 6 heteroatoms. The van der Waals surface area contributed by atoms with E-state index in [1.165, 1.54) is 17.1 Å². The predicted molar refractivity (Wildman–Crippen MR) is 123 cm³/mol. The Morgan fingerprint density at radius 2 is 1.93 bits per heavy atom. The van der Waals surface area contributed by atoms with E-state index in [2.05, 4.69) is 33.3 Å². The number of nitrogens with zero attached hydrogens (tertiary/aromatic N) is 2. The molecular formula is C23H28ClN3OS. The van der Waals surface area contributed by atoms with Gasteiger partial charge in [0.05, 0.1) is 6.54 Å². The zero-order chi connectivity index (χ0) is 20.1. The number of thioether (sulfide) groups is 1. The van der Waals surface area contributed by atoms with Gasteiger partial charge in [0.2, 0.25) is 5.91 Å². The molecule has 29 heavy (non-hydrogen) atoms. The lowest BCUT2D eigenvalue weighted by Crippen LogP contribution is -2.33. The number of nitrogens with one attached hydrogen (secondary N) is 1. The molecule has 2 fully saturated rings. The summed E-state index contributed by atoms with van der Waals surface area (Å²) in [7, 11) is 0. The molecule has 154 valence electrons. The molecule has 1 N–H and O–H groups in total. The van der Waals surface area contributed by atoms with Gasteiger partial charge in [-0.2, -0.15) is 11.8 Å². The second-order valence-electron chi connectivity index (χ2n) is 7.79. The van der Waals surface area contributed by atoms with Crippen molar-refractivity contribution in [1.82, 2.24) is 9.80 Å². The van der Waals surface area contributed by atoms with Crippen LogP contribution in [0.5, 0.6) is 0 Å². The van der Waals surface area contributed by atoms with Gasteiger partial charge in [0.15, 0.2) is 0 Å². The van der Waals surface area contributed by atoms with Gasteiger partial charge < -0.3 is 5.32 Å². The highest BCUT2D eigenvalue weighted by Gasteiger charge is 2.28. The van der Waals surface area contributed by atoms with Gasteiger partial charge in [-0.25, -0.2) is 0 Å². The Labute approximate surface area is 182 Å². The van der Waals surface area contributed by atoms with E-state index in [0.717, 1.165) is 55.3 Å². The first-order valence-electron chi connectivity index (χ1n) is 10.4. The first-order valence-corrected chi connectivity index (χ1v) is 11.9. The van der Waals surface area contributed by atoms with Crippen molar-refractivity contribution in [3.8, 4) is 0 Å². The maximum atomic E-state index is 12.7. The number of carbonyl (C=O) groups is 1. The Morgan fingerprint density at radius 1 is 1.10 bits per heavy atom. The lowest BCUT2D eigenvalue weighted by Gasteiger charge is -2.26. The van der Waals surface area contributed by atoms with Crippen LogP contribution in [0.15, 0.2) is 48.5 Å². The normalized spacial score (nSPS) is 20.7. The van der Waals surface area contributed by atoms with Crippen molar-refractivity contribution in [2.45, 2.75) is 25.4 Å². The Kier molecular flexibility index (Phi) is 7.14. The quantitative estimate of drug-likeness (QED) is 0.724. The average molecular weight is 430 g/mol. The number of benzene rings is 2. The zero-order valence-electron chi connectivity index (χ0n) is 16.6. The highest BCUT2D eigenvalue weighted by Crippen LogP contribution is 2.35. The summed E-state index contributed by atoms with van der Waals surface area (Å²) in [5, 5.41) is 3.88. The Hall–Kier alpha value is -1.53. The molecule has 1 amide bonds. The van der Waals surface area contributed by atoms with Crippen molar-refractivity contribution in [2.24, 2.45) is 0 Å². The van der Waals surface area contributed by atoms with Crippen molar-refractivity contribution in [3.05, 3.63) is 64.7 Å². The van der Waals surface area contributed by atoms with Crippen LogP contribution in [-0.2, 0) is 11.3 Å². The van der Waals surface area contributed by atoms with E-state index in [0.29, 0.717) is 6.54 Å². The minimum atomic E-state index is 0.0375. The van der Waals surface area contributed by atoms with Crippen LogP contribution in [0.1, 0.15) is 30.0 Å². The predicted octanol–water partition coefficient (Wildman–Crippen LogP) is 4.66. The van der Waals surface area contributed by atoms with E-state index in [-0.39, 0.29) is 11.9 Å². The van der Waals surface area contributed by atoms with Gasteiger partial charge in [-0.15, -0.1) is 0 Å². The Morgan fingerprint density at radius 3 is 2.76 bits per heavy atom. The van der Waals surface area contributed by atoms with E-state index < -0.39 is 0 Å². The van der Waals surface area contributed by atoms with Crippen LogP contribution < -0.4 is 5.32 Å². The number of amides is 1. The molecule has 2 aliphatic rings. The molecule has 2 aliphatic heterocycles. The summed E-state index contributed by atoms with van der Waals surface area (Å²) < 4.78 is 0. The largest absolute Gasteiger partial charge is 0.325 e. The second kappa shape index (κ2) is 9.98. The second-order valence-corrected chi connectivity index (χ2v) is 9.42. The van der Waals surface area contributed by atoms with Gasteiger partial charge in [-0.3, -0.25) is 14.6 Å². The molecule has 2 saturated heterocycles. The van der Waals surface area contributed by atoms with Gasteiger partial charge >= 0.3 is 0 Å². The number of anilines is 1.